The third-order valence-corrected chi connectivity index (χ3v) is 4.17. The van der Waals surface area contributed by atoms with Crippen LogP contribution in [0.1, 0.15) is 26.7 Å². The third kappa shape index (κ3) is 4.56. The molecule has 1 saturated carbocycles. The standard InChI is InChI=1S/C16H27N3O2/c1-4-17(11-13(2)3)12-15(20)18-7-9-19(10-8-18)16(21)14-5-6-14/h14H,2,4-12H2,1,3H3. The summed E-state index contributed by atoms with van der Waals surface area (Å²) in [6.45, 7) is 12.7. The van der Waals surface area contributed by atoms with Gasteiger partial charge in [-0.3, -0.25) is 14.5 Å². The first-order valence-corrected chi connectivity index (χ1v) is 7.94. The average Bonchev–Trinajstić information content (AvgIpc) is 3.30. The molecule has 2 aliphatic rings. The third-order valence-electron chi connectivity index (χ3n) is 4.17. The minimum Gasteiger partial charge on any atom is -0.339 e. The average molecular weight is 293 g/mol. The van der Waals surface area contributed by atoms with Crippen LogP contribution in [0.4, 0.5) is 0 Å². The Kier molecular flexibility index (Phi) is 5.39. The monoisotopic (exact) mass is 293 g/mol. The number of amides is 2. The van der Waals surface area contributed by atoms with E-state index in [1.165, 1.54) is 0 Å². The van der Waals surface area contributed by atoms with Crippen LogP contribution in [0.3, 0.4) is 0 Å². The van der Waals surface area contributed by atoms with E-state index < -0.39 is 0 Å². The van der Waals surface area contributed by atoms with E-state index >= 15 is 0 Å². The summed E-state index contributed by atoms with van der Waals surface area (Å²) >= 11 is 0. The molecule has 0 spiro atoms. The van der Waals surface area contributed by atoms with Gasteiger partial charge in [-0.15, -0.1) is 0 Å². The van der Waals surface area contributed by atoms with E-state index in [1.807, 2.05) is 16.7 Å². The zero-order chi connectivity index (χ0) is 15.4. The van der Waals surface area contributed by atoms with E-state index in [0.717, 1.165) is 31.5 Å². The van der Waals surface area contributed by atoms with Crippen LogP contribution in [0.15, 0.2) is 12.2 Å². The number of carbonyl (C=O) groups is 2. The molecule has 1 saturated heterocycles. The molecule has 2 rings (SSSR count). The fraction of sp³-hybridized carbons (Fsp3) is 0.750. The van der Waals surface area contributed by atoms with Crippen LogP contribution in [0.2, 0.25) is 0 Å². The molecule has 5 nitrogen and oxygen atoms in total. The lowest BCUT2D eigenvalue weighted by molar-refractivity contribution is -0.140. The van der Waals surface area contributed by atoms with Crippen LogP contribution in [-0.2, 0) is 9.59 Å². The van der Waals surface area contributed by atoms with Crippen molar-refractivity contribution in [2.75, 3.05) is 45.8 Å². The van der Waals surface area contributed by atoms with E-state index in [9.17, 15) is 9.59 Å². The fourth-order valence-corrected chi connectivity index (χ4v) is 2.72. The Bertz CT molecular complexity index is 410. The lowest BCUT2D eigenvalue weighted by Crippen LogP contribution is -2.53. The van der Waals surface area contributed by atoms with Crippen LogP contribution >= 0.6 is 0 Å². The quantitative estimate of drug-likeness (QED) is 0.685. The SMILES string of the molecule is C=C(C)CN(CC)CC(=O)N1CCN(C(=O)C2CC2)CC1. The van der Waals surface area contributed by atoms with Gasteiger partial charge in [0.05, 0.1) is 6.54 Å². The number of piperazine rings is 1. The predicted molar refractivity (Wildman–Crippen MR) is 82.8 cm³/mol. The molecule has 118 valence electrons. The van der Waals surface area contributed by atoms with Gasteiger partial charge in [0.2, 0.25) is 11.8 Å². The summed E-state index contributed by atoms with van der Waals surface area (Å²) in [6, 6.07) is 0. The Morgan fingerprint density at radius 2 is 1.67 bits per heavy atom. The minimum absolute atomic E-state index is 0.164. The molecule has 2 amide bonds. The smallest absolute Gasteiger partial charge is 0.236 e. The van der Waals surface area contributed by atoms with Gasteiger partial charge in [0.1, 0.15) is 0 Å². The van der Waals surface area contributed by atoms with Gasteiger partial charge in [0, 0.05) is 38.6 Å². The van der Waals surface area contributed by atoms with Gasteiger partial charge in [-0.1, -0.05) is 19.1 Å². The zero-order valence-corrected chi connectivity index (χ0v) is 13.3. The molecule has 0 radical (unpaired) electrons. The van der Waals surface area contributed by atoms with Crippen LogP contribution in [0.25, 0.3) is 0 Å². The van der Waals surface area contributed by atoms with E-state index in [1.54, 1.807) is 0 Å². The Hall–Kier alpha value is -1.36. The van der Waals surface area contributed by atoms with E-state index in [2.05, 4.69) is 18.4 Å². The fourth-order valence-electron chi connectivity index (χ4n) is 2.72. The topological polar surface area (TPSA) is 43.9 Å². The second-order valence-electron chi connectivity index (χ2n) is 6.24. The summed E-state index contributed by atoms with van der Waals surface area (Å²) in [5.74, 6) is 0.731. The normalized spacial score (nSPS) is 19.0. The maximum atomic E-state index is 12.3. The summed E-state index contributed by atoms with van der Waals surface area (Å²) in [5.41, 5.74) is 1.07. The van der Waals surface area contributed by atoms with Gasteiger partial charge in [-0.25, -0.2) is 0 Å². The van der Waals surface area contributed by atoms with Crippen molar-refractivity contribution in [2.45, 2.75) is 26.7 Å². The van der Waals surface area contributed by atoms with Crippen molar-refractivity contribution in [1.82, 2.24) is 14.7 Å². The van der Waals surface area contributed by atoms with Crippen molar-refractivity contribution in [3.05, 3.63) is 12.2 Å². The Morgan fingerprint density at radius 1 is 1.10 bits per heavy atom. The largest absolute Gasteiger partial charge is 0.339 e. The van der Waals surface area contributed by atoms with Gasteiger partial charge >= 0.3 is 0 Å². The molecule has 0 aromatic heterocycles. The van der Waals surface area contributed by atoms with Crippen LogP contribution in [0, 0.1) is 5.92 Å². The highest BCUT2D eigenvalue weighted by Gasteiger charge is 2.35. The van der Waals surface area contributed by atoms with Gasteiger partial charge in [-0.05, 0) is 26.3 Å². The molecular formula is C16H27N3O2. The number of rotatable bonds is 6. The molecule has 0 N–H and O–H groups in total. The Labute approximate surface area is 127 Å². The maximum absolute atomic E-state index is 12.3. The maximum Gasteiger partial charge on any atom is 0.236 e. The lowest BCUT2D eigenvalue weighted by atomic mass is 10.2. The van der Waals surface area contributed by atoms with Crippen molar-refractivity contribution in [1.29, 1.82) is 0 Å². The number of hydrogen-bond donors (Lipinski definition) is 0. The van der Waals surface area contributed by atoms with Crippen LogP contribution in [0.5, 0.6) is 0 Å². The summed E-state index contributed by atoms with van der Waals surface area (Å²) in [5, 5.41) is 0. The van der Waals surface area contributed by atoms with E-state index in [0.29, 0.717) is 38.6 Å². The highest BCUT2D eigenvalue weighted by Crippen LogP contribution is 2.31. The first-order valence-electron chi connectivity index (χ1n) is 7.94. The zero-order valence-electron chi connectivity index (χ0n) is 13.3. The number of likely N-dealkylation sites (N-methyl/N-ethyl adjacent to an activating group) is 1. The molecule has 1 aliphatic heterocycles. The first kappa shape index (κ1) is 16.0. The summed E-state index contributed by atoms with van der Waals surface area (Å²) in [7, 11) is 0. The summed E-state index contributed by atoms with van der Waals surface area (Å²) in [4.78, 5) is 30.2. The predicted octanol–water partition coefficient (Wildman–Crippen LogP) is 0.965. The van der Waals surface area contributed by atoms with Gasteiger partial charge < -0.3 is 9.80 Å². The van der Waals surface area contributed by atoms with Crippen molar-refractivity contribution in [3.63, 3.8) is 0 Å². The molecule has 1 heterocycles. The van der Waals surface area contributed by atoms with Gasteiger partial charge in [0.25, 0.3) is 0 Å². The highest BCUT2D eigenvalue weighted by atomic mass is 16.2. The van der Waals surface area contributed by atoms with Gasteiger partial charge in [0.15, 0.2) is 0 Å². The molecular weight excluding hydrogens is 266 g/mol. The molecule has 21 heavy (non-hydrogen) atoms. The second-order valence-corrected chi connectivity index (χ2v) is 6.24. The summed E-state index contributed by atoms with van der Waals surface area (Å²) in [6.07, 6.45) is 2.09. The molecule has 2 fully saturated rings. The van der Waals surface area contributed by atoms with E-state index in [-0.39, 0.29) is 11.8 Å². The van der Waals surface area contributed by atoms with Gasteiger partial charge in [-0.2, -0.15) is 0 Å². The second kappa shape index (κ2) is 7.07. The molecule has 0 atom stereocenters. The molecule has 0 aromatic rings. The minimum atomic E-state index is 0.164. The molecule has 5 heteroatoms. The van der Waals surface area contributed by atoms with Crippen LogP contribution < -0.4 is 0 Å². The van der Waals surface area contributed by atoms with E-state index in [4.69, 9.17) is 0 Å². The first-order chi connectivity index (χ1) is 10.0. The highest BCUT2D eigenvalue weighted by molar-refractivity contribution is 5.82. The molecule has 1 aliphatic carbocycles. The Morgan fingerprint density at radius 3 is 2.14 bits per heavy atom. The molecule has 0 bridgehead atoms. The van der Waals surface area contributed by atoms with Crippen molar-refractivity contribution in [3.8, 4) is 0 Å². The summed E-state index contributed by atoms with van der Waals surface area (Å²) < 4.78 is 0. The van der Waals surface area contributed by atoms with Crippen LogP contribution in [-0.4, -0.2) is 72.3 Å². The lowest BCUT2D eigenvalue weighted by Gasteiger charge is -2.36. The molecule has 0 unspecified atom stereocenters. The number of nitrogens with zero attached hydrogens (tertiary/aromatic N) is 3. The van der Waals surface area contributed by atoms with Crippen molar-refractivity contribution < 1.29 is 9.59 Å². The molecule has 0 aromatic carbocycles. The number of hydrogen-bond acceptors (Lipinski definition) is 3. The Balaban J connectivity index is 1.76. The number of carbonyl (C=O) groups excluding carboxylic acids is 2. The van der Waals surface area contributed by atoms with Crippen molar-refractivity contribution >= 4 is 11.8 Å². The van der Waals surface area contributed by atoms with Crippen molar-refractivity contribution in [2.24, 2.45) is 5.92 Å².